The summed E-state index contributed by atoms with van der Waals surface area (Å²) in [6.07, 6.45) is 0.360. The molecule has 1 unspecified atom stereocenters. The molecule has 1 heterocycles. The first-order chi connectivity index (χ1) is 8.56. The van der Waals surface area contributed by atoms with Gasteiger partial charge >= 0.3 is 72.8 Å². The van der Waals surface area contributed by atoms with Crippen LogP contribution in [-0.4, -0.2) is 84.6 Å². The minimum atomic E-state index is -4.64. The quantitative estimate of drug-likeness (QED) is 0.103. The predicted molar refractivity (Wildman–Crippen MR) is 92.1 cm³/mol. The number of imidazole rings is 1. The monoisotopic (exact) mass is 491 g/mol. The van der Waals surface area contributed by atoms with E-state index >= 15 is 0 Å². The number of aliphatic hydroxyl groups excluding tert-OH is 1. The molecule has 0 amide bonds. The van der Waals surface area contributed by atoms with E-state index in [9.17, 15) is 15.2 Å². The molecule has 0 saturated carbocycles. The molecule has 0 aliphatic rings. The fourth-order valence-corrected chi connectivity index (χ4v) is 1.18. The molecule has 1 atom stereocenters. The smallest absolute Gasteiger partial charge is 1.00 e. The van der Waals surface area contributed by atoms with E-state index < -0.39 is 18.8 Å². The Labute approximate surface area is 210 Å². The van der Waals surface area contributed by atoms with E-state index in [0.29, 0.717) is 5.82 Å². The van der Waals surface area contributed by atoms with Crippen molar-refractivity contribution in [2.45, 2.75) is 19.6 Å². The Morgan fingerprint density at radius 3 is 1.75 bits per heavy atom. The Bertz CT molecular complexity index is 494. The summed E-state index contributed by atoms with van der Waals surface area (Å²) >= 11 is 5.40. The van der Waals surface area contributed by atoms with Gasteiger partial charge in [0.1, 0.15) is 18.8 Å². The van der Waals surface area contributed by atoms with Crippen molar-refractivity contribution in [2.24, 2.45) is 0 Å². The van der Waals surface area contributed by atoms with Gasteiger partial charge in [0.2, 0.25) is 0 Å². The van der Waals surface area contributed by atoms with Crippen molar-refractivity contribution in [3.8, 4) is 0 Å². The molecule has 0 saturated heterocycles. The van der Waals surface area contributed by atoms with Crippen LogP contribution in [0, 0.1) is 17.0 Å². The van der Waals surface area contributed by atoms with Gasteiger partial charge in [-0.15, -0.1) is 11.6 Å². The third-order valence-corrected chi connectivity index (χ3v) is 2.15. The van der Waals surface area contributed by atoms with E-state index in [1.807, 2.05) is 0 Å². The Kier molecular flexibility index (Phi) is 67.2. The number of hydrogen-bond acceptors (Lipinski definition) is 5. The predicted octanol–water partition coefficient (Wildman–Crippen LogP) is -11.8. The van der Waals surface area contributed by atoms with E-state index in [-0.39, 0.29) is 119 Å². The summed E-state index contributed by atoms with van der Waals surface area (Å²) in [6.45, 7) is 1.72. The van der Waals surface area contributed by atoms with Crippen LogP contribution in [0.3, 0.4) is 0 Å². The molecule has 0 bridgehead atoms. The summed E-state index contributed by atoms with van der Waals surface area (Å²) in [7, 11) is -4.64. The van der Waals surface area contributed by atoms with Crippen LogP contribution in [0.2, 0.25) is 0 Å². The van der Waals surface area contributed by atoms with Gasteiger partial charge < -0.3 is 71.1 Å². The molecule has 1 aromatic heterocycles. The third kappa shape index (κ3) is 31.4. The van der Waals surface area contributed by atoms with E-state index in [4.69, 9.17) is 30.8 Å². The van der Waals surface area contributed by atoms with E-state index in [1.165, 1.54) is 4.57 Å². The second kappa shape index (κ2) is 29.9. The number of hydrogen-bond donors (Lipinski definition) is 4. The van der Waals surface area contributed by atoms with Crippen LogP contribution in [0.25, 0.3) is 0 Å². The van der Waals surface area contributed by atoms with Crippen molar-refractivity contribution in [1.29, 1.82) is 0 Å². The standard InChI is InChI=1S/C7H10ClN3O3.2Na.H3O4P.7H2O.2H/c1-5-9-3-7(11(13)14)10(5)4-6(12)2-8;;;1-5(2,3)4;;;;;;;;;/h3,6,12H,2,4H2,1H3;;;(H3,1,2,3,4);7*1H2;;/q;2*+1;;;;;;;;;2*-1. The molecule has 0 radical (unpaired) electrons. The second-order valence-electron chi connectivity index (χ2n) is 3.35. The maximum Gasteiger partial charge on any atom is 1.00 e. The summed E-state index contributed by atoms with van der Waals surface area (Å²) in [5.74, 6) is 0.391. The van der Waals surface area contributed by atoms with Crippen molar-refractivity contribution in [2.75, 3.05) is 5.88 Å². The van der Waals surface area contributed by atoms with Gasteiger partial charge in [0, 0.05) is 6.92 Å². The molecule has 21 heteroatoms. The molecule has 0 aromatic carbocycles. The summed E-state index contributed by atoms with van der Waals surface area (Å²) in [6, 6.07) is 0. The number of nitro groups is 1. The molecule has 17 nitrogen and oxygen atoms in total. The molecular formula is C7H29ClN3Na2O14P. The Balaban J connectivity index is -0.0000000186. The van der Waals surface area contributed by atoms with Crippen LogP contribution in [0.4, 0.5) is 5.82 Å². The van der Waals surface area contributed by atoms with Crippen LogP contribution in [-0.2, 0) is 11.1 Å². The zero-order valence-electron chi connectivity index (χ0n) is 17.2. The Morgan fingerprint density at radius 1 is 1.18 bits per heavy atom. The molecule has 170 valence electrons. The first-order valence-corrected chi connectivity index (χ1v) is 6.85. The zero-order chi connectivity index (χ0) is 15.2. The Hall–Kier alpha value is 0.690. The van der Waals surface area contributed by atoms with Gasteiger partial charge in [0.05, 0.1) is 5.88 Å². The van der Waals surface area contributed by atoms with Gasteiger partial charge in [-0.1, -0.05) is 0 Å². The van der Waals surface area contributed by atoms with Crippen LogP contribution < -0.4 is 59.1 Å². The van der Waals surface area contributed by atoms with Crippen molar-refractivity contribution in [3.63, 3.8) is 0 Å². The summed E-state index contributed by atoms with van der Waals surface area (Å²) in [5.41, 5.74) is 0. The minimum Gasteiger partial charge on any atom is -1.00 e. The van der Waals surface area contributed by atoms with Gasteiger partial charge in [-0.25, -0.2) is 14.1 Å². The number of alkyl halides is 1. The van der Waals surface area contributed by atoms with Gasteiger partial charge in [-0.05, 0) is 4.92 Å². The third-order valence-electron chi connectivity index (χ3n) is 1.79. The summed E-state index contributed by atoms with van der Waals surface area (Å²) in [4.78, 5) is 35.3. The van der Waals surface area contributed by atoms with E-state index in [0.717, 1.165) is 6.20 Å². The average molecular weight is 492 g/mol. The fourth-order valence-electron chi connectivity index (χ4n) is 1.09. The average Bonchev–Trinajstić information content (AvgIpc) is 2.58. The maximum atomic E-state index is 10.5. The van der Waals surface area contributed by atoms with Crippen LogP contribution in [0.15, 0.2) is 6.20 Å². The van der Waals surface area contributed by atoms with Crippen LogP contribution >= 0.6 is 19.4 Å². The molecule has 18 N–H and O–H groups in total. The minimum absolute atomic E-state index is 0. The Morgan fingerprint density at radius 2 is 1.50 bits per heavy atom. The second-order valence-corrected chi connectivity index (χ2v) is 4.69. The van der Waals surface area contributed by atoms with Crippen molar-refractivity contribution in [3.05, 3.63) is 22.1 Å². The fraction of sp³-hybridized carbons (Fsp3) is 0.571. The zero-order valence-corrected chi connectivity index (χ0v) is 20.9. The topological polar surface area (TPSA) is 379 Å². The van der Waals surface area contributed by atoms with Crippen molar-refractivity contribution < 1.29 is 130 Å². The molecular weight excluding hydrogens is 462 g/mol. The van der Waals surface area contributed by atoms with Crippen LogP contribution in [0.5, 0.6) is 0 Å². The largest absolute Gasteiger partial charge is 1.00 e. The molecule has 0 aliphatic carbocycles. The first kappa shape index (κ1) is 63.0. The molecule has 1 aromatic rings. The number of rotatable bonds is 4. The number of halogens is 1. The molecule has 0 aliphatic heterocycles. The number of aliphatic hydroxyl groups is 1. The normalized spacial score (nSPS) is 8.50. The SMILES string of the molecule is Cc1ncc([N+](=O)[O-])n1CC(O)CCl.O.O.O.O.O.O.O.O=P(O)(O)O.[H-].[H-].[Na+].[Na+]. The maximum absolute atomic E-state index is 10.5. The molecule has 0 fully saturated rings. The van der Waals surface area contributed by atoms with Crippen molar-refractivity contribution >= 4 is 25.2 Å². The van der Waals surface area contributed by atoms with Crippen molar-refractivity contribution in [1.82, 2.24) is 9.55 Å². The van der Waals surface area contributed by atoms with Gasteiger partial charge in [-0.2, -0.15) is 0 Å². The molecule has 0 spiro atoms. The first-order valence-electron chi connectivity index (χ1n) is 4.75. The summed E-state index contributed by atoms with van der Waals surface area (Å²) in [5, 5.41) is 19.8. The van der Waals surface area contributed by atoms with Gasteiger partial charge in [-0.3, -0.25) is 0 Å². The summed E-state index contributed by atoms with van der Waals surface area (Å²) < 4.78 is 10.2. The molecule has 1 rings (SSSR count). The van der Waals surface area contributed by atoms with E-state index in [2.05, 4.69) is 4.98 Å². The van der Waals surface area contributed by atoms with Gasteiger partial charge in [0.15, 0.2) is 5.82 Å². The number of nitrogens with zero attached hydrogens (tertiary/aromatic N) is 3. The van der Waals surface area contributed by atoms with Crippen LogP contribution in [0.1, 0.15) is 8.68 Å². The van der Waals surface area contributed by atoms with Gasteiger partial charge in [0.25, 0.3) is 0 Å². The number of aromatic nitrogens is 2. The number of aryl methyl sites for hydroxylation is 1. The van der Waals surface area contributed by atoms with E-state index in [1.54, 1.807) is 6.92 Å². The molecule has 28 heavy (non-hydrogen) atoms. The number of phosphoric acid groups is 1.